The van der Waals surface area contributed by atoms with Crippen LogP contribution in [0, 0.1) is 0 Å². The monoisotopic (exact) mass is 421 g/mol. The van der Waals surface area contributed by atoms with E-state index in [0.29, 0.717) is 5.69 Å². The number of nitrogens with zero attached hydrogens (tertiary/aromatic N) is 1. The minimum atomic E-state index is -0.928. The Morgan fingerprint density at radius 1 is 0.800 bits per heavy atom. The molecular weight excluding hydrogens is 406 g/mol. The first-order chi connectivity index (χ1) is 14.5. The molecule has 2 aromatic carbocycles. The Bertz CT molecular complexity index is 1150. The van der Waals surface area contributed by atoms with Gasteiger partial charge in [-0.3, -0.25) is 14.5 Å². The molecule has 0 saturated carbocycles. The zero-order valence-corrected chi connectivity index (χ0v) is 16.8. The number of para-hydroxylation sites is 1. The minimum Gasteiger partial charge on any atom is -0.465 e. The van der Waals surface area contributed by atoms with Crippen LogP contribution in [0.3, 0.4) is 0 Å². The zero-order valence-electron chi connectivity index (χ0n) is 16.0. The molecule has 0 unspecified atom stereocenters. The van der Waals surface area contributed by atoms with Gasteiger partial charge in [-0.25, -0.2) is 9.59 Å². The molecule has 1 aliphatic heterocycles. The molecule has 0 saturated heterocycles. The first-order valence-corrected chi connectivity index (χ1v) is 9.67. The number of fused-ring (bicyclic) bond motifs is 1. The van der Waals surface area contributed by atoms with Crippen LogP contribution in [0.25, 0.3) is 0 Å². The van der Waals surface area contributed by atoms with Gasteiger partial charge in [0, 0.05) is 16.8 Å². The molecule has 0 fully saturated rings. The number of rotatable bonds is 3. The number of Topliss-reactive ketones (excluding diaryl/α,β-unsaturated/α-hetero) is 2. The molecule has 150 valence electrons. The number of allylic oxidation sites excluding steroid dienone is 2. The molecule has 2 aliphatic rings. The molecule has 1 heterocycles. The van der Waals surface area contributed by atoms with E-state index in [1.807, 2.05) is 0 Å². The fourth-order valence-corrected chi connectivity index (χ4v) is 4.56. The summed E-state index contributed by atoms with van der Waals surface area (Å²) in [5.41, 5.74) is 0.751. The molecule has 0 bridgehead atoms. The summed E-state index contributed by atoms with van der Waals surface area (Å²) in [5.74, 6) is -2.58. The van der Waals surface area contributed by atoms with Gasteiger partial charge in [0.1, 0.15) is 10.7 Å². The van der Waals surface area contributed by atoms with Crippen molar-refractivity contribution < 1.29 is 28.7 Å². The van der Waals surface area contributed by atoms with Crippen molar-refractivity contribution in [3.05, 3.63) is 86.9 Å². The number of carbonyl (C=O) groups is 4. The van der Waals surface area contributed by atoms with Crippen molar-refractivity contribution in [2.75, 3.05) is 19.1 Å². The van der Waals surface area contributed by atoms with Crippen LogP contribution in [0.5, 0.6) is 0 Å². The molecule has 30 heavy (non-hydrogen) atoms. The van der Waals surface area contributed by atoms with Crippen LogP contribution in [0.4, 0.5) is 5.69 Å². The van der Waals surface area contributed by atoms with Gasteiger partial charge < -0.3 is 9.47 Å². The summed E-state index contributed by atoms with van der Waals surface area (Å²) in [5, 5.41) is 0.0828. The van der Waals surface area contributed by atoms with Crippen LogP contribution in [-0.2, 0) is 19.1 Å². The average molecular weight is 421 g/mol. The molecule has 1 aliphatic carbocycles. The number of hydrogen-bond acceptors (Lipinski definition) is 8. The Kier molecular flexibility index (Phi) is 5.01. The quantitative estimate of drug-likeness (QED) is 0.323. The van der Waals surface area contributed by atoms with E-state index in [-0.39, 0.29) is 38.3 Å². The number of carbonyl (C=O) groups excluding carboxylic acids is 4. The summed E-state index contributed by atoms with van der Waals surface area (Å²) in [4.78, 5) is 53.0. The summed E-state index contributed by atoms with van der Waals surface area (Å²) in [6, 6.07) is 15.2. The van der Waals surface area contributed by atoms with Gasteiger partial charge in [0.2, 0.25) is 11.6 Å². The predicted octanol–water partition coefficient (Wildman–Crippen LogP) is 3.09. The van der Waals surface area contributed by atoms with Crippen LogP contribution >= 0.6 is 11.8 Å². The van der Waals surface area contributed by atoms with Crippen molar-refractivity contribution in [3.63, 3.8) is 0 Å². The van der Waals surface area contributed by atoms with Crippen LogP contribution in [0.15, 0.2) is 75.8 Å². The summed E-state index contributed by atoms with van der Waals surface area (Å²) in [7, 11) is 2.27. The van der Waals surface area contributed by atoms with E-state index in [4.69, 9.17) is 9.47 Å². The number of ether oxygens (including phenoxy) is 2. The lowest BCUT2D eigenvalue weighted by Gasteiger charge is -2.25. The van der Waals surface area contributed by atoms with E-state index < -0.39 is 17.5 Å². The second-order valence-electron chi connectivity index (χ2n) is 6.32. The topological polar surface area (TPSA) is 90.0 Å². The fraction of sp³-hybridized carbons (Fsp3) is 0.0909. The maximum Gasteiger partial charge on any atom is 0.348 e. The molecule has 7 nitrogen and oxygen atoms in total. The second-order valence-corrected chi connectivity index (χ2v) is 7.32. The molecule has 0 radical (unpaired) electrons. The normalized spacial score (nSPS) is 15.0. The Morgan fingerprint density at radius 2 is 1.33 bits per heavy atom. The van der Waals surface area contributed by atoms with E-state index in [0.717, 1.165) is 26.0 Å². The highest BCUT2D eigenvalue weighted by Gasteiger charge is 2.45. The average Bonchev–Trinajstić information content (AvgIpc) is 3.18. The Morgan fingerprint density at radius 3 is 1.90 bits per heavy atom. The Labute approximate surface area is 176 Å². The highest BCUT2D eigenvalue weighted by Crippen LogP contribution is 2.50. The van der Waals surface area contributed by atoms with E-state index in [1.54, 1.807) is 54.6 Å². The zero-order chi connectivity index (χ0) is 21.4. The summed E-state index contributed by atoms with van der Waals surface area (Å²) >= 11 is 0.882. The second kappa shape index (κ2) is 7.64. The van der Waals surface area contributed by atoms with Gasteiger partial charge in [0.15, 0.2) is 5.57 Å². The molecule has 0 spiro atoms. The van der Waals surface area contributed by atoms with E-state index in [2.05, 4.69) is 0 Å². The van der Waals surface area contributed by atoms with Crippen molar-refractivity contribution >= 4 is 41.0 Å². The van der Waals surface area contributed by atoms with Gasteiger partial charge in [-0.2, -0.15) is 0 Å². The van der Waals surface area contributed by atoms with Crippen LogP contribution < -0.4 is 4.90 Å². The Balaban J connectivity index is 2.00. The molecule has 8 heteroatoms. The summed E-state index contributed by atoms with van der Waals surface area (Å²) in [6.07, 6.45) is 0. The third-order valence-electron chi connectivity index (χ3n) is 4.69. The van der Waals surface area contributed by atoms with Crippen molar-refractivity contribution in [1.82, 2.24) is 0 Å². The highest BCUT2D eigenvalue weighted by molar-refractivity contribution is 8.08. The molecule has 0 atom stereocenters. The van der Waals surface area contributed by atoms with Crippen LogP contribution in [-0.4, -0.2) is 37.7 Å². The van der Waals surface area contributed by atoms with Gasteiger partial charge >= 0.3 is 11.9 Å². The van der Waals surface area contributed by atoms with Gasteiger partial charge in [-0.1, -0.05) is 54.2 Å². The van der Waals surface area contributed by atoms with Crippen molar-refractivity contribution in [2.45, 2.75) is 0 Å². The standard InChI is InChI=1S/C22H15NO6S/c1-28-21(26)15(22(27)29-2)20-23(12-8-4-3-5-9-12)16-17(24)13-10-6-7-11-14(13)18(25)19(16)30-20/h3-11H,1-2H3. The number of methoxy groups -OCH3 is 2. The third-order valence-corrected chi connectivity index (χ3v) is 5.85. The van der Waals surface area contributed by atoms with Crippen LogP contribution in [0.1, 0.15) is 20.7 Å². The summed E-state index contributed by atoms with van der Waals surface area (Å²) in [6.45, 7) is 0. The maximum atomic E-state index is 13.4. The SMILES string of the molecule is COC(=O)C(C(=O)OC)=C1SC2=C(C(=O)c3ccccc3C2=O)N1c1ccccc1. The highest BCUT2D eigenvalue weighted by atomic mass is 32.2. The minimum absolute atomic E-state index is 0.0828. The van der Waals surface area contributed by atoms with Gasteiger partial charge in [0.25, 0.3) is 0 Å². The first kappa shape index (κ1) is 19.7. The smallest absolute Gasteiger partial charge is 0.348 e. The fourth-order valence-electron chi connectivity index (χ4n) is 3.33. The number of esters is 2. The lowest BCUT2D eigenvalue weighted by atomic mass is 9.92. The van der Waals surface area contributed by atoms with E-state index in [9.17, 15) is 19.2 Å². The number of thioether (sulfide) groups is 1. The van der Waals surface area contributed by atoms with Crippen molar-refractivity contribution in [1.29, 1.82) is 0 Å². The van der Waals surface area contributed by atoms with Gasteiger partial charge in [-0.15, -0.1) is 0 Å². The van der Waals surface area contributed by atoms with Gasteiger partial charge in [-0.05, 0) is 12.1 Å². The number of ketones is 2. The molecule has 0 aromatic heterocycles. The largest absolute Gasteiger partial charge is 0.465 e. The number of benzene rings is 2. The Hall–Kier alpha value is -3.65. The van der Waals surface area contributed by atoms with Crippen LogP contribution in [0.2, 0.25) is 0 Å². The number of anilines is 1. The lowest BCUT2D eigenvalue weighted by Crippen LogP contribution is -2.30. The first-order valence-electron chi connectivity index (χ1n) is 8.86. The lowest BCUT2D eigenvalue weighted by molar-refractivity contribution is -0.144. The van der Waals surface area contributed by atoms with E-state index in [1.165, 1.54) is 4.90 Å². The molecule has 2 aromatic rings. The number of hydrogen-bond donors (Lipinski definition) is 0. The van der Waals surface area contributed by atoms with Crippen molar-refractivity contribution in [2.24, 2.45) is 0 Å². The molecule has 0 amide bonds. The maximum absolute atomic E-state index is 13.4. The third kappa shape index (κ3) is 2.93. The van der Waals surface area contributed by atoms with Crippen molar-refractivity contribution in [3.8, 4) is 0 Å². The molecule has 4 rings (SSSR count). The van der Waals surface area contributed by atoms with Gasteiger partial charge in [0.05, 0.1) is 19.1 Å². The summed E-state index contributed by atoms with van der Waals surface area (Å²) < 4.78 is 9.55. The van der Waals surface area contributed by atoms with E-state index >= 15 is 0 Å². The molecule has 0 N–H and O–H groups in total. The molecular formula is C22H15NO6S. The predicted molar refractivity (Wildman–Crippen MR) is 110 cm³/mol.